The highest BCUT2D eigenvalue weighted by molar-refractivity contribution is 5.85. The van der Waals surface area contributed by atoms with Crippen LogP contribution in [0.5, 0.6) is 5.75 Å². The number of likely N-dealkylation sites (tertiary alicyclic amines) is 1. The summed E-state index contributed by atoms with van der Waals surface area (Å²) in [5.74, 6) is -0.103. The average molecular weight is 298 g/mol. The number of para-hydroxylation sites is 1. The van der Waals surface area contributed by atoms with E-state index in [0.29, 0.717) is 6.54 Å². The normalized spacial score (nSPS) is 18.3. The molecule has 0 bridgehead atoms. The number of carboxylic acids is 1. The quantitative estimate of drug-likeness (QED) is 0.918. The summed E-state index contributed by atoms with van der Waals surface area (Å²) in [6.07, 6.45) is 1.14. The van der Waals surface area contributed by atoms with Crippen molar-refractivity contribution in [3.63, 3.8) is 0 Å². The van der Waals surface area contributed by atoms with Crippen molar-refractivity contribution >= 4 is 5.97 Å². The molecule has 0 saturated carbocycles. The van der Waals surface area contributed by atoms with Crippen LogP contribution >= 0.6 is 0 Å². The van der Waals surface area contributed by atoms with E-state index in [1.807, 2.05) is 36.4 Å². The van der Waals surface area contributed by atoms with Gasteiger partial charge in [-0.05, 0) is 30.7 Å². The predicted octanol–water partition coefficient (Wildman–Crippen LogP) is 2.43. The van der Waals surface area contributed by atoms with Crippen LogP contribution in [0.4, 0.5) is 0 Å². The summed E-state index contributed by atoms with van der Waals surface area (Å²) in [6, 6.07) is 14.9. The number of rotatable bonds is 5. The van der Waals surface area contributed by atoms with Crippen LogP contribution in [-0.2, 0) is 6.54 Å². The fourth-order valence-electron chi connectivity index (χ4n) is 2.64. The molecule has 1 fully saturated rings. The number of benzene rings is 1. The lowest BCUT2D eigenvalue weighted by Gasteiger charge is -2.16. The van der Waals surface area contributed by atoms with E-state index in [9.17, 15) is 4.79 Å². The zero-order chi connectivity index (χ0) is 15.4. The lowest BCUT2D eigenvalue weighted by Crippen LogP contribution is -2.25. The van der Waals surface area contributed by atoms with Gasteiger partial charge in [-0.25, -0.2) is 9.78 Å². The largest absolute Gasteiger partial charge is 0.489 e. The summed E-state index contributed by atoms with van der Waals surface area (Å²) in [7, 11) is 0. The third kappa shape index (κ3) is 3.62. The number of hydrogen-bond donors (Lipinski definition) is 1. The lowest BCUT2D eigenvalue weighted by molar-refractivity contribution is 0.0690. The first-order chi connectivity index (χ1) is 10.7. The number of pyridine rings is 1. The summed E-state index contributed by atoms with van der Waals surface area (Å²) in [4.78, 5) is 17.3. The van der Waals surface area contributed by atoms with Gasteiger partial charge in [-0.3, -0.25) is 4.90 Å². The summed E-state index contributed by atoms with van der Waals surface area (Å²) < 4.78 is 5.95. The minimum Gasteiger partial charge on any atom is -0.489 e. The van der Waals surface area contributed by atoms with Crippen LogP contribution < -0.4 is 4.74 Å². The fourth-order valence-corrected chi connectivity index (χ4v) is 2.64. The molecule has 1 aromatic heterocycles. The molecule has 1 aliphatic heterocycles. The number of carboxylic acid groups (broad SMARTS) is 1. The van der Waals surface area contributed by atoms with E-state index in [0.717, 1.165) is 31.0 Å². The Hall–Kier alpha value is -2.40. The highest BCUT2D eigenvalue weighted by Gasteiger charge is 2.24. The third-order valence-corrected chi connectivity index (χ3v) is 3.69. The van der Waals surface area contributed by atoms with E-state index >= 15 is 0 Å². The Kier molecular flexibility index (Phi) is 4.34. The fraction of sp³-hybridized carbons (Fsp3) is 0.294. The molecule has 0 amide bonds. The van der Waals surface area contributed by atoms with Crippen molar-refractivity contribution in [1.82, 2.24) is 9.88 Å². The zero-order valence-corrected chi connectivity index (χ0v) is 12.2. The van der Waals surface area contributed by atoms with Crippen LogP contribution in [0.25, 0.3) is 0 Å². The highest BCUT2D eigenvalue weighted by atomic mass is 16.5. The van der Waals surface area contributed by atoms with Gasteiger partial charge in [0.1, 0.15) is 17.5 Å². The van der Waals surface area contributed by atoms with Gasteiger partial charge in [0.15, 0.2) is 0 Å². The Bertz CT molecular complexity index is 645. The van der Waals surface area contributed by atoms with Crippen LogP contribution in [0.3, 0.4) is 0 Å². The molecule has 1 unspecified atom stereocenters. The molecule has 1 N–H and O–H groups in total. The molecular weight excluding hydrogens is 280 g/mol. The first-order valence-corrected chi connectivity index (χ1v) is 7.34. The zero-order valence-electron chi connectivity index (χ0n) is 12.2. The van der Waals surface area contributed by atoms with Gasteiger partial charge in [-0.2, -0.15) is 0 Å². The standard InChI is InChI=1S/C17H18N2O3/c20-17(21)16-8-4-5-13(18-16)11-19-10-9-15(12-19)22-14-6-2-1-3-7-14/h1-8,15H,9-12H2,(H,20,21). The maximum atomic E-state index is 10.9. The molecule has 5 heteroatoms. The van der Waals surface area contributed by atoms with Crippen LogP contribution in [-0.4, -0.2) is 40.2 Å². The highest BCUT2D eigenvalue weighted by Crippen LogP contribution is 2.19. The monoisotopic (exact) mass is 298 g/mol. The third-order valence-electron chi connectivity index (χ3n) is 3.69. The Balaban J connectivity index is 1.57. The van der Waals surface area contributed by atoms with Crippen LogP contribution in [0, 0.1) is 0 Å². The Labute approximate surface area is 129 Å². The van der Waals surface area contributed by atoms with E-state index in [2.05, 4.69) is 9.88 Å². The van der Waals surface area contributed by atoms with Crippen LogP contribution in [0.2, 0.25) is 0 Å². The SMILES string of the molecule is O=C(O)c1cccc(CN2CCC(Oc3ccccc3)C2)n1. The maximum absolute atomic E-state index is 10.9. The predicted molar refractivity (Wildman–Crippen MR) is 81.9 cm³/mol. The Morgan fingerprint density at radius 2 is 2.05 bits per heavy atom. The van der Waals surface area contributed by atoms with Gasteiger partial charge in [0.2, 0.25) is 0 Å². The van der Waals surface area contributed by atoms with E-state index in [4.69, 9.17) is 9.84 Å². The molecule has 0 radical (unpaired) electrons. The number of aromatic carboxylic acids is 1. The van der Waals surface area contributed by atoms with Gasteiger partial charge in [0, 0.05) is 19.6 Å². The second-order valence-electron chi connectivity index (χ2n) is 5.40. The van der Waals surface area contributed by atoms with Gasteiger partial charge < -0.3 is 9.84 Å². The Morgan fingerprint density at radius 1 is 1.23 bits per heavy atom. The molecule has 3 rings (SSSR count). The molecule has 1 aliphatic rings. The van der Waals surface area contributed by atoms with Crippen LogP contribution in [0.1, 0.15) is 22.6 Å². The minimum atomic E-state index is -0.992. The van der Waals surface area contributed by atoms with Gasteiger partial charge in [-0.1, -0.05) is 24.3 Å². The van der Waals surface area contributed by atoms with Gasteiger partial charge >= 0.3 is 5.97 Å². The molecular formula is C17H18N2O3. The van der Waals surface area contributed by atoms with Crippen molar-refractivity contribution in [2.45, 2.75) is 19.1 Å². The molecule has 1 aromatic carbocycles. The summed E-state index contributed by atoms with van der Waals surface area (Å²) in [6.45, 7) is 2.40. The second kappa shape index (κ2) is 6.58. The van der Waals surface area contributed by atoms with Crippen molar-refractivity contribution in [1.29, 1.82) is 0 Å². The van der Waals surface area contributed by atoms with E-state index < -0.39 is 5.97 Å². The van der Waals surface area contributed by atoms with Gasteiger partial charge in [0.25, 0.3) is 0 Å². The van der Waals surface area contributed by atoms with E-state index in [-0.39, 0.29) is 11.8 Å². The number of carbonyl (C=O) groups is 1. The second-order valence-corrected chi connectivity index (χ2v) is 5.40. The minimum absolute atomic E-state index is 0.0915. The van der Waals surface area contributed by atoms with Crippen molar-refractivity contribution in [2.75, 3.05) is 13.1 Å². The smallest absolute Gasteiger partial charge is 0.354 e. The molecule has 1 atom stereocenters. The van der Waals surface area contributed by atoms with Crippen LogP contribution in [0.15, 0.2) is 48.5 Å². The number of aromatic nitrogens is 1. The first kappa shape index (κ1) is 14.5. The molecule has 1 saturated heterocycles. The maximum Gasteiger partial charge on any atom is 0.354 e. The molecule has 0 aliphatic carbocycles. The number of ether oxygens (including phenoxy) is 1. The lowest BCUT2D eigenvalue weighted by atomic mass is 10.3. The number of hydrogen-bond acceptors (Lipinski definition) is 4. The van der Waals surface area contributed by atoms with Crippen molar-refractivity contribution in [3.05, 3.63) is 59.9 Å². The summed E-state index contributed by atoms with van der Waals surface area (Å²) in [5.41, 5.74) is 0.869. The molecule has 22 heavy (non-hydrogen) atoms. The number of nitrogens with zero attached hydrogens (tertiary/aromatic N) is 2. The topological polar surface area (TPSA) is 62.7 Å². The van der Waals surface area contributed by atoms with Gasteiger partial charge in [-0.15, -0.1) is 0 Å². The van der Waals surface area contributed by atoms with Crippen molar-refractivity contribution in [2.24, 2.45) is 0 Å². The Morgan fingerprint density at radius 3 is 2.82 bits per heavy atom. The van der Waals surface area contributed by atoms with E-state index in [1.54, 1.807) is 6.07 Å². The van der Waals surface area contributed by atoms with Crippen molar-refractivity contribution in [3.8, 4) is 5.75 Å². The van der Waals surface area contributed by atoms with Crippen molar-refractivity contribution < 1.29 is 14.6 Å². The molecule has 0 spiro atoms. The van der Waals surface area contributed by atoms with E-state index in [1.165, 1.54) is 6.07 Å². The first-order valence-electron chi connectivity index (χ1n) is 7.34. The molecule has 2 aromatic rings. The average Bonchev–Trinajstić information content (AvgIpc) is 2.95. The molecule has 2 heterocycles. The summed E-state index contributed by atoms with van der Waals surface area (Å²) >= 11 is 0. The summed E-state index contributed by atoms with van der Waals surface area (Å²) in [5, 5.41) is 8.98. The molecule has 5 nitrogen and oxygen atoms in total. The van der Waals surface area contributed by atoms with Gasteiger partial charge in [0.05, 0.1) is 5.69 Å². The molecule has 114 valence electrons.